The Kier molecular flexibility index (Phi) is 6.49. The van der Waals surface area contributed by atoms with Crippen LogP contribution in [0.2, 0.25) is 0 Å². The van der Waals surface area contributed by atoms with Crippen LogP contribution in [0, 0.1) is 0 Å². The molecule has 2 aromatic rings. The number of ether oxygens (including phenoxy) is 2. The molecule has 0 amide bonds. The van der Waals surface area contributed by atoms with E-state index in [4.69, 9.17) is 26.8 Å². The molecule has 0 radical (unpaired) electrons. The smallest absolute Gasteiger partial charge is 0.220 e. The molecule has 2 N–H and O–H groups in total. The van der Waals surface area contributed by atoms with Gasteiger partial charge >= 0.3 is 0 Å². The minimum absolute atomic E-state index is 0.214. The first-order valence-electron chi connectivity index (χ1n) is 6.72. The van der Waals surface area contributed by atoms with E-state index in [9.17, 15) is 0 Å². The quantitative estimate of drug-likeness (QED) is 0.357. The molecule has 23 heavy (non-hydrogen) atoms. The third-order valence-electron chi connectivity index (χ3n) is 2.76. The number of rotatable bonds is 7. The van der Waals surface area contributed by atoms with Crippen molar-refractivity contribution in [2.45, 2.75) is 10.6 Å². The lowest BCUT2D eigenvalue weighted by molar-refractivity contribution is 0.369. The Bertz CT molecular complexity index is 657. The van der Waals surface area contributed by atoms with Crippen LogP contribution in [0.1, 0.15) is 5.82 Å². The van der Waals surface area contributed by atoms with Gasteiger partial charge in [-0.1, -0.05) is 0 Å². The predicted octanol–water partition coefficient (Wildman–Crippen LogP) is 3.01. The highest BCUT2D eigenvalue weighted by Crippen LogP contribution is 2.25. The summed E-state index contributed by atoms with van der Waals surface area (Å²) in [4.78, 5) is 13.8. The van der Waals surface area contributed by atoms with Gasteiger partial charge in [-0.2, -0.15) is 9.97 Å². The Balaban J connectivity index is 2.03. The topological polar surface area (TPSA) is 82.6 Å². The zero-order valence-electron chi connectivity index (χ0n) is 12.8. The molecule has 0 saturated carbocycles. The lowest BCUT2D eigenvalue weighted by Gasteiger charge is -2.06. The van der Waals surface area contributed by atoms with Crippen LogP contribution in [0.4, 0.5) is 5.69 Å². The minimum atomic E-state index is 0.214. The molecule has 0 aliphatic heterocycles. The summed E-state index contributed by atoms with van der Waals surface area (Å²) < 4.78 is 10.3. The second kappa shape index (κ2) is 8.59. The van der Waals surface area contributed by atoms with E-state index < -0.39 is 0 Å². The third-order valence-corrected chi connectivity index (χ3v) is 4.04. The first kappa shape index (κ1) is 17.4. The van der Waals surface area contributed by atoms with Crippen molar-refractivity contribution in [3.05, 3.63) is 36.2 Å². The third kappa shape index (κ3) is 5.30. The molecule has 2 rings (SSSR count). The van der Waals surface area contributed by atoms with Gasteiger partial charge in [-0.3, -0.25) is 0 Å². The Morgan fingerprint density at radius 1 is 1.17 bits per heavy atom. The van der Waals surface area contributed by atoms with Gasteiger partial charge in [0, 0.05) is 4.90 Å². The van der Waals surface area contributed by atoms with Gasteiger partial charge in [0.1, 0.15) is 11.7 Å². The highest BCUT2D eigenvalue weighted by atomic mass is 35.5. The number of methoxy groups -OCH3 is 2. The van der Waals surface area contributed by atoms with Crippen LogP contribution in [0.5, 0.6) is 11.8 Å². The van der Waals surface area contributed by atoms with E-state index in [1.54, 1.807) is 32.0 Å². The Hall–Kier alpha value is -1.99. The van der Waals surface area contributed by atoms with Crippen LogP contribution in [0.3, 0.4) is 0 Å². The van der Waals surface area contributed by atoms with Gasteiger partial charge in [-0.05, 0) is 24.3 Å². The molecule has 0 aliphatic carbocycles. The monoisotopic (exact) mass is 352 g/mol. The number of hydrogen-bond donors (Lipinski definition) is 1. The molecule has 0 unspecified atom stereocenters. The first-order valence-corrected chi connectivity index (χ1v) is 8.24. The summed E-state index contributed by atoms with van der Waals surface area (Å²) in [6.07, 6.45) is 0. The summed E-state index contributed by atoms with van der Waals surface area (Å²) in [6, 6.07) is 9.33. The van der Waals surface area contributed by atoms with Gasteiger partial charge in [-0.25, -0.2) is 4.99 Å². The molecule has 1 heterocycles. The molecule has 8 heteroatoms. The predicted molar refractivity (Wildman–Crippen MR) is 93.1 cm³/mol. The largest absolute Gasteiger partial charge is 0.481 e. The van der Waals surface area contributed by atoms with Crippen LogP contribution in [-0.4, -0.2) is 35.9 Å². The molecule has 0 saturated heterocycles. The maximum absolute atomic E-state index is 5.61. The van der Waals surface area contributed by atoms with Crippen molar-refractivity contribution in [2.75, 3.05) is 20.1 Å². The average Bonchev–Trinajstić information content (AvgIpc) is 2.60. The Morgan fingerprint density at radius 3 is 2.30 bits per heavy atom. The van der Waals surface area contributed by atoms with Crippen molar-refractivity contribution >= 4 is 34.9 Å². The van der Waals surface area contributed by atoms with E-state index >= 15 is 0 Å². The van der Waals surface area contributed by atoms with Gasteiger partial charge in [0.25, 0.3) is 0 Å². The zero-order valence-corrected chi connectivity index (χ0v) is 14.4. The second-order valence-corrected chi connectivity index (χ2v) is 5.70. The maximum Gasteiger partial charge on any atom is 0.220 e. The molecule has 1 aromatic heterocycles. The number of nitrogens with two attached hydrogens (primary N) is 1. The van der Waals surface area contributed by atoms with Crippen LogP contribution in [0.25, 0.3) is 0 Å². The number of thioether (sulfide) groups is 1. The van der Waals surface area contributed by atoms with E-state index in [0.29, 0.717) is 29.2 Å². The van der Waals surface area contributed by atoms with Gasteiger partial charge in [0.2, 0.25) is 11.8 Å². The van der Waals surface area contributed by atoms with Crippen LogP contribution < -0.4 is 15.2 Å². The summed E-state index contributed by atoms with van der Waals surface area (Å²) >= 11 is 7.21. The van der Waals surface area contributed by atoms with E-state index in [1.165, 1.54) is 0 Å². The summed E-state index contributed by atoms with van der Waals surface area (Å²) in [5.41, 5.74) is 6.38. The minimum Gasteiger partial charge on any atom is -0.481 e. The average molecular weight is 353 g/mol. The molecule has 0 bridgehead atoms. The number of nitrogens with zero attached hydrogens (tertiary/aromatic N) is 3. The van der Waals surface area contributed by atoms with Crippen molar-refractivity contribution in [2.24, 2.45) is 10.7 Å². The lowest BCUT2D eigenvalue weighted by atomic mass is 10.3. The van der Waals surface area contributed by atoms with E-state index in [2.05, 4.69) is 15.0 Å². The SMILES string of the molecule is COc1cc(OC)nc(CSc2ccc(N=C(N)CCl)cc2)n1. The number of hydrogen-bond acceptors (Lipinski definition) is 6. The molecule has 122 valence electrons. The van der Waals surface area contributed by atoms with E-state index in [-0.39, 0.29) is 5.88 Å². The fourth-order valence-corrected chi connectivity index (χ4v) is 2.50. The summed E-state index contributed by atoms with van der Waals surface area (Å²) in [5.74, 6) is 2.80. The highest BCUT2D eigenvalue weighted by Gasteiger charge is 2.06. The molecule has 1 aromatic carbocycles. The molecular formula is C15H17ClN4O2S. The molecule has 6 nitrogen and oxygen atoms in total. The molecule has 0 spiro atoms. The molecule has 0 fully saturated rings. The van der Waals surface area contributed by atoms with Gasteiger partial charge in [0.15, 0.2) is 0 Å². The van der Waals surface area contributed by atoms with Crippen molar-refractivity contribution in [1.29, 1.82) is 0 Å². The Morgan fingerprint density at radius 2 is 1.78 bits per heavy atom. The number of benzene rings is 1. The fraction of sp³-hybridized carbons (Fsp3) is 0.267. The number of aliphatic imine (C=N–C) groups is 1. The number of amidine groups is 1. The van der Waals surface area contributed by atoms with Crippen LogP contribution in [0.15, 0.2) is 40.2 Å². The van der Waals surface area contributed by atoms with Crippen molar-refractivity contribution in [3.8, 4) is 11.8 Å². The van der Waals surface area contributed by atoms with E-state index in [1.807, 2.05) is 24.3 Å². The summed E-state index contributed by atoms with van der Waals surface area (Å²) in [5, 5.41) is 0. The number of aromatic nitrogens is 2. The zero-order chi connectivity index (χ0) is 16.7. The van der Waals surface area contributed by atoms with Crippen LogP contribution in [-0.2, 0) is 5.75 Å². The number of alkyl halides is 1. The van der Waals surface area contributed by atoms with Crippen molar-refractivity contribution < 1.29 is 9.47 Å². The van der Waals surface area contributed by atoms with Gasteiger partial charge in [-0.15, -0.1) is 23.4 Å². The second-order valence-electron chi connectivity index (χ2n) is 4.39. The van der Waals surface area contributed by atoms with E-state index in [0.717, 1.165) is 10.6 Å². The summed E-state index contributed by atoms with van der Waals surface area (Å²) in [6.45, 7) is 0. The molecular weight excluding hydrogens is 336 g/mol. The Labute approximate surface area is 144 Å². The number of halogens is 1. The lowest BCUT2D eigenvalue weighted by Crippen LogP contribution is -2.12. The van der Waals surface area contributed by atoms with Gasteiger partial charge < -0.3 is 15.2 Å². The first-order chi connectivity index (χ1) is 11.1. The van der Waals surface area contributed by atoms with Crippen molar-refractivity contribution in [3.63, 3.8) is 0 Å². The van der Waals surface area contributed by atoms with Gasteiger partial charge in [0.05, 0.1) is 37.6 Å². The highest BCUT2D eigenvalue weighted by molar-refractivity contribution is 7.98. The standard InChI is InChI=1S/C15H17ClN4O2S/c1-21-14-7-15(22-2)20-13(19-14)9-23-11-5-3-10(4-6-11)18-12(17)8-16/h3-7H,8-9H2,1-2H3,(H2,17,18). The maximum atomic E-state index is 5.61. The normalized spacial score (nSPS) is 11.3. The van der Waals surface area contributed by atoms with Crippen LogP contribution >= 0.6 is 23.4 Å². The summed E-state index contributed by atoms with van der Waals surface area (Å²) in [7, 11) is 3.12. The fourth-order valence-electron chi connectivity index (χ4n) is 1.68. The molecule has 0 atom stereocenters. The molecule has 0 aliphatic rings. The van der Waals surface area contributed by atoms with Crippen molar-refractivity contribution in [1.82, 2.24) is 9.97 Å².